The molecule has 0 fully saturated rings. The molecule has 0 aromatic heterocycles. The second-order valence-corrected chi connectivity index (χ2v) is 0.941. The fraction of sp³-hybridized carbons (Fsp3) is 0.500. The normalized spacial score (nSPS) is 6.17. The van der Waals surface area contributed by atoms with Crippen LogP contribution in [0.4, 0.5) is 0 Å². The van der Waals surface area contributed by atoms with E-state index in [0.717, 1.165) is 0 Å². The van der Waals surface area contributed by atoms with Crippen molar-refractivity contribution in [2.24, 2.45) is 5.73 Å². The molecule has 36 valence electrons. The molecule has 0 saturated heterocycles. The summed E-state index contributed by atoms with van der Waals surface area (Å²) in [6, 6.07) is 0. The molecule has 4 heteroatoms. The topological polar surface area (TPSA) is 43.1 Å². The minimum absolute atomic E-state index is 0. The van der Waals surface area contributed by atoms with E-state index in [0.29, 0.717) is 0 Å². The second kappa shape index (κ2) is 5.69. The van der Waals surface area contributed by atoms with Crippen molar-refractivity contribution in [3.8, 4) is 0 Å². The van der Waals surface area contributed by atoms with Crippen LogP contribution in [0.3, 0.4) is 0 Å². The molecule has 0 radical (unpaired) electrons. The van der Waals surface area contributed by atoms with Gasteiger partial charge in [0, 0.05) is 0 Å². The number of thiol groups is 1. The summed E-state index contributed by atoms with van der Waals surface area (Å²) in [4.78, 5) is 9.51. The Kier molecular flexibility index (Phi) is 9.34. The Morgan fingerprint density at radius 3 is 2.00 bits per heavy atom. The van der Waals surface area contributed by atoms with Crippen LogP contribution in [0.15, 0.2) is 0 Å². The molecule has 0 saturated carbocycles. The Balaban J connectivity index is 0. The van der Waals surface area contributed by atoms with E-state index in [9.17, 15) is 4.79 Å². The predicted molar refractivity (Wildman–Crippen MR) is 33.0 cm³/mol. The first-order valence-corrected chi connectivity index (χ1v) is 1.80. The van der Waals surface area contributed by atoms with Crippen LogP contribution in [0, 0.1) is 0 Å². The van der Waals surface area contributed by atoms with Gasteiger partial charge in [0.1, 0.15) is 0 Å². The Morgan fingerprint density at radius 2 is 2.00 bits per heavy atom. The number of carbonyl (C=O) groups is 1. The van der Waals surface area contributed by atoms with Crippen molar-refractivity contribution in [1.82, 2.24) is 0 Å². The zero-order valence-corrected chi connectivity index (χ0v) is 3.53. The quantitative estimate of drug-likeness (QED) is 0.492. The first-order chi connectivity index (χ1) is 2.27. The molecule has 0 spiro atoms. The molecule has 0 rings (SSSR count). The fourth-order valence-corrected chi connectivity index (χ4v) is 0. The molecule has 0 aliphatic carbocycles. The first-order valence-electron chi connectivity index (χ1n) is 1.16. The summed E-state index contributed by atoms with van der Waals surface area (Å²) in [5, 5.41) is 0. The van der Waals surface area contributed by atoms with E-state index in [2.05, 4.69) is 18.4 Å². The van der Waals surface area contributed by atoms with E-state index >= 15 is 0 Å². The van der Waals surface area contributed by atoms with Crippen molar-refractivity contribution in [2.75, 3.05) is 5.75 Å². The van der Waals surface area contributed by atoms with Gasteiger partial charge in [0.15, 0.2) is 0 Å². The van der Waals surface area contributed by atoms with Gasteiger partial charge in [-0.05, 0) is 0 Å². The van der Waals surface area contributed by atoms with Crippen molar-refractivity contribution in [2.45, 2.75) is 0 Å². The number of rotatable bonds is 1. The Morgan fingerprint density at radius 1 is 1.83 bits per heavy atom. The first kappa shape index (κ1) is 9.85. The summed E-state index contributed by atoms with van der Waals surface area (Å²) < 4.78 is 0. The summed E-state index contributed by atoms with van der Waals surface area (Å²) in [6.07, 6.45) is 0. The average molecular weight is 209 g/mol. The van der Waals surface area contributed by atoms with Crippen LogP contribution in [0.1, 0.15) is 0 Å². The van der Waals surface area contributed by atoms with E-state index in [4.69, 9.17) is 0 Å². The van der Waals surface area contributed by atoms with Crippen molar-refractivity contribution in [3.05, 3.63) is 0 Å². The van der Waals surface area contributed by atoms with Crippen molar-refractivity contribution in [3.63, 3.8) is 0 Å². The molecule has 0 unspecified atom stereocenters. The van der Waals surface area contributed by atoms with Crippen molar-refractivity contribution in [1.29, 1.82) is 0 Å². The number of hydrogen-bond donors (Lipinski definition) is 2. The molecule has 1 amide bonds. The van der Waals surface area contributed by atoms with Gasteiger partial charge in [0.05, 0.1) is 5.75 Å². The van der Waals surface area contributed by atoms with Crippen LogP contribution < -0.4 is 5.73 Å². The molecule has 2 N–H and O–H groups in total. The fourth-order valence-electron chi connectivity index (χ4n) is 0. The van der Waals surface area contributed by atoms with E-state index < -0.39 is 0 Å². The van der Waals surface area contributed by atoms with Crippen molar-refractivity contribution >= 4 is 44.4 Å². The third-order valence-electron chi connectivity index (χ3n) is 0.156. The third kappa shape index (κ3) is 8.83. The van der Waals surface area contributed by atoms with Gasteiger partial charge in [0.25, 0.3) is 0 Å². The van der Waals surface area contributed by atoms with Crippen LogP contribution in [-0.4, -0.2) is 37.5 Å². The van der Waals surface area contributed by atoms with Gasteiger partial charge in [-0.3, -0.25) is 4.79 Å². The monoisotopic (exact) mass is 209 g/mol. The molecule has 0 bridgehead atoms. The summed E-state index contributed by atoms with van der Waals surface area (Å²) in [6.45, 7) is 0. The average Bonchev–Trinajstić information content (AvgIpc) is 1.38. The SMILES string of the molecule is NC(=O)CS.[InH3]. The van der Waals surface area contributed by atoms with Crippen molar-refractivity contribution < 1.29 is 4.79 Å². The molecule has 6 heavy (non-hydrogen) atoms. The third-order valence-corrected chi connectivity index (χ3v) is 0.468. The molecule has 0 aliphatic heterocycles. The Bertz CT molecular complexity index is 48.8. The molecule has 0 heterocycles. The van der Waals surface area contributed by atoms with Crippen LogP contribution in [-0.2, 0) is 4.79 Å². The van der Waals surface area contributed by atoms with Crippen LogP contribution in [0.25, 0.3) is 0 Å². The van der Waals surface area contributed by atoms with E-state index in [-0.39, 0.29) is 37.5 Å². The molecule has 0 atom stereocenters. The Hall–Kier alpha value is 0.690. The summed E-state index contributed by atoms with van der Waals surface area (Å²) in [5.41, 5.74) is 4.58. The number of nitrogens with two attached hydrogens (primary N) is 1. The zero-order valence-electron chi connectivity index (χ0n) is 2.64. The number of carbonyl (C=O) groups excluding carboxylic acids is 1. The standard InChI is InChI=1S/C2H5NOS.In.3H/c3-2(4)1-5;;;;/h5H,1H2,(H2,3,4);;;;. The van der Waals surface area contributed by atoms with E-state index in [1.54, 1.807) is 0 Å². The van der Waals surface area contributed by atoms with Gasteiger partial charge in [-0.25, -0.2) is 0 Å². The van der Waals surface area contributed by atoms with Gasteiger partial charge in [-0.15, -0.1) is 0 Å². The van der Waals surface area contributed by atoms with Crippen LogP contribution >= 0.6 is 12.6 Å². The van der Waals surface area contributed by atoms with Gasteiger partial charge in [-0.1, -0.05) is 0 Å². The van der Waals surface area contributed by atoms with Gasteiger partial charge in [0.2, 0.25) is 5.91 Å². The van der Waals surface area contributed by atoms with E-state index in [1.807, 2.05) is 0 Å². The van der Waals surface area contributed by atoms with Gasteiger partial charge >= 0.3 is 25.8 Å². The number of hydrogen-bond acceptors (Lipinski definition) is 2. The van der Waals surface area contributed by atoms with Gasteiger partial charge in [-0.2, -0.15) is 12.6 Å². The number of primary amides is 1. The molecule has 0 aromatic carbocycles. The predicted octanol–water partition coefficient (Wildman–Crippen LogP) is -1.78. The molecule has 0 aromatic rings. The minimum atomic E-state index is -0.381. The molecule has 2 nitrogen and oxygen atoms in total. The maximum absolute atomic E-state index is 9.51. The molecular formula is C2H8InNOS. The maximum atomic E-state index is 9.51. The van der Waals surface area contributed by atoms with Crippen LogP contribution in [0.2, 0.25) is 0 Å². The summed E-state index contributed by atoms with van der Waals surface area (Å²) in [5.74, 6) is -0.242. The number of amides is 1. The second-order valence-electron chi connectivity index (χ2n) is 0.624. The summed E-state index contributed by atoms with van der Waals surface area (Å²) >= 11 is 3.54. The summed E-state index contributed by atoms with van der Waals surface area (Å²) in [7, 11) is 0. The molecule has 0 aliphatic rings. The van der Waals surface area contributed by atoms with Crippen LogP contribution in [0.5, 0.6) is 0 Å². The molecular weight excluding hydrogens is 201 g/mol. The van der Waals surface area contributed by atoms with Gasteiger partial charge < -0.3 is 5.73 Å². The van der Waals surface area contributed by atoms with E-state index in [1.165, 1.54) is 0 Å². The zero-order chi connectivity index (χ0) is 4.28. The Labute approximate surface area is 60.7 Å².